The molecule has 0 bridgehead atoms. The van der Waals surface area contributed by atoms with E-state index in [1.54, 1.807) is 12.3 Å². The van der Waals surface area contributed by atoms with Gasteiger partial charge in [-0.3, -0.25) is 4.98 Å². The zero-order valence-electron chi connectivity index (χ0n) is 9.59. The third kappa shape index (κ3) is 2.40. The van der Waals surface area contributed by atoms with Gasteiger partial charge in [0, 0.05) is 17.8 Å². The van der Waals surface area contributed by atoms with Crippen LogP contribution in [0.25, 0.3) is 5.57 Å². The lowest BCUT2D eigenvalue weighted by atomic mass is 9.97. The number of nitrogens with zero attached hydrogens (tertiary/aromatic N) is 2. The van der Waals surface area contributed by atoms with Gasteiger partial charge in [0.1, 0.15) is 0 Å². The first kappa shape index (κ1) is 11.1. The molecule has 82 valence electrons. The Morgan fingerprint density at radius 2 is 1.94 bits per heavy atom. The molecule has 2 nitrogen and oxygen atoms in total. The van der Waals surface area contributed by atoms with Crippen molar-refractivity contribution in [2.75, 3.05) is 0 Å². The Kier molecular flexibility index (Phi) is 3.32. The molecule has 1 aromatic heterocycles. The lowest BCUT2D eigenvalue weighted by Gasteiger charge is -2.08. The van der Waals surface area contributed by atoms with E-state index in [4.69, 9.17) is 5.26 Å². The first-order chi connectivity index (χ1) is 8.33. The molecule has 0 aliphatic rings. The third-order valence-corrected chi connectivity index (χ3v) is 2.58. The standard InChI is InChI=1S/C15H12N2/c1-12-6-2-3-7-13(12)14(9-10-16)15-8-4-5-11-17-15/h2-9,11H,1H3/b14-9-. The van der Waals surface area contributed by atoms with Crippen molar-refractivity contribution in [3.05, 3.63) is 71.6 Å². The quantitative estimate of drug-likeness (QED) is 0.728. The number of rotatable bonds is 2. The molecule has 1 aromatic carbocycles. The highest BCUT2D eigenvalue weighted by Crippen LogP contribution is 2.24. The van der Waals surface area contributed by atoms with Crippen molar-refractivity contribution in [3.8, 4) is 6.07 Å². The van der Waals surface area contributed by atoms with Gasteiger partial charge in [-0.25, -0.2) is 0 Å². The van der Waals surface area contributed by atoms with Gasteiger partial charge in [0.15, 0.2) is 0 Å². The van der Waals surface area contributed by atoms with Crippen molar-refractivity contribution in [1.82, 2.24) is 4.98 Å². The van der Waals surface area contributed by atoms with E-state index in [1.807, 2.05) is 49.4 Å². The number of hydrogen-bond donors (Lipinski definition) is 0. The number of allylic oxidation sites excluding steroid dienone is 1. The Bertz CT molecular complexity index is 577. The molecule has 2 rings (SSSR count). The van der Waals surface area contributed by atoms with Gasteiger partial charge in [-0.05, 0) is 30.2 Å². The fourth-order valence-corrected chi connectivity index (χ4v) is 1.75. The second-order valence-corrected chi connectivity index (χ2v) is 3.72. The Labute approximate surface area is 101 Å². The van der Waals surface area contributed by atoms with Gasteiger partial charge in [-0.2, -0.15) is 5.26 Å². The van der Waals surface area contributed by atoms with Crippen LogP contribution in [0.5, 0.6) is 0 Å². The monoisotopic (exact) mass is 220 g/mol. The highest BCUT2D eigenvalue weighted by atomic mass is 14.7. The summed E-state index contributed by atoms with van der Waals surface area (Å²) in [4.78, 5) is 4.30. The molecule has 0 amide bonds. The first-order valence-corrected chi connectivity index (χ1v) is 5.40. The molecular formula is C15H12N2. The summed E-state index contributed by atoms with van der Waals surface area (Å²) in [5.41, 5.74) is 3.88. The van der Waals surface area contributed by atoms with Crippen LogP contribution < -0.4 is 0 Å². The summed E-state index contributed by atoms with van der Waals surface area (Å²) in [7, 11) is 0. The van der Waals surface area contributed by atoms with Crippen molar-refractivity contribution >= 4 is 5.57 Å². The summed E-state index contributed by atoms with van der Waals surface area (Å²) in [5, 5.41) is 8.90. The van der Waals surface area contributed by atoms with Gasteiger partial charge in [-0.1, -0.05) is 30.3 Å². The molecule has 0 unspecified atom stereocenters. The van der Waals surface area contributed by atoms with Crippen LogP contribution in [0.1, 0.15) is 16.8 Å². The molecule has 0 spiro atoms. The van der Waals surface area contributed by atoms with Crippen molar-refractivity contribution in [3.63, 3.8) is 0 Å². The normalized spacial score (nSPS) is 10.9. The fourth-order valence-electron chi connectivity index (χ4n) is 1.75. The smallest absolute Gasteiger partial charge is 0.0919 e. The fraction of sp³-hybridized carbons (Fsp3) is 0.0667. The van der Waals surface area contributed by atoms with Crippen molar-refractivity contribution in [1.29, 1.82) is 5.26 Å². The van der Waals surface area contributed by atoms with E-state index < -0.39 is 0 Å². The van der Waals surface area contributed by atoms with Gasteiger partial charge in [0.25, 0.3) is 0 Å². The summed E-state index contributed by atoms with van der Waals surface area (Å²) in [6, 6.07) is 15.8. The van der Waals surface area contributed by atoms with E-state index in [0.29, 0.717) is 0 Å². The average molecular weight is 220 g/mol. The minimum absolute atomic E-state index is 0.823. The van der Waals surface area contributed by atoms with Gasteiger partial charge < -0.3 is 0 Å². The Morgan fingerprint density at radius 1 is 1.18 bits per heavy atom. The highest BCUT2D eigenvalue weighted by Gasteiger charge is 2.07. The first-order valence-electron chi connectivity index (χ1n) is 5.40. The van der Waals surface area contributed by atoms with Crippen molar-refractivity contribution < 1.29 is 0 Å². The van der Waals surface area contributed by atoms with Crippen LogP contribution >= 0.6 is 0 Å². The second kappa shape index (κ2) is 5.09. The van der Waals surface area contributed by atoms with E-state index in [2.05, 4.69) is 11.1 Å². The molecule has 0 fully saturated rings. The molecule has 0 saturated carbocycles. The van der Waals surface area contributed by atoms with Crippen LogP contribution in [-0.2, 0) is 0 Å². The lowest BCUT2D eigenvalue weighted by Crippen LogP contribution is -1.93. The number of pyridine rings is 1. The van der Waals surface area contributed by atoms with Crippen LogP contribution in [0.3, 0.4) is 0 Å². The molecule has 0 aliphatic heterocycles. The maximum absolute atomic E-state index is 8.90. The number of hydrogen-bond acceptors (Lipinski definition) is 2. The van der Waals surface area contributed by atoms with E-state index >= 15 is 0 Å². The molecule has 2 heteroatoms. The summed E-state index contributed by atoms with van der Waals surface area (Å²) in [6.07, 6.45) is 3.28. The molecule has 0 radical (unpaired) electrons. The molecule has 0 N–H and O–H groups in total. The lowest BCUT2D eigenvalue weighted by molar-refractivity contribution is 1.26. The van der Waals surface area contributed by atoms with Crippen LogP contribution in [-0.4, -0.2) is 4.98 Å². The van der Waals surface area contributed by atoms with Gasteiger partial charge >= 0.3 is 0 Å². The van der Waals surface area contributed by atoms with E-state index in [1.165, 1.54) is 0 Å². The highest BCUT2D eigenvalue weighted by molar-refractivity contribution is 5.80. The predicted molar refractivity (Wildman–Crippen MR) is 68.1 cm³/mol. The minimum atomic E-state index is 0.823. The Morgan fingerprint density at radius 3 is 2.59 bits per heavy atom. The molecule has 1 heterocycles. The van der Waals surface area contributed by atoms with E-state index in [-0.39, 0.29) is 0 Å². The molecule has 0 atom stereocenters. The second-order valence-electron chi connectivity index (χ2n) is 3.72. The summed E-state index contributed by atoms with van der Waals surface area (Å²) in [6.45, 7) is 2.03. The number of aromatic nitrogens is 1. The number of aryl methyl sites for hydroxylation is 1. The maximum Gasteiger partial charge on any atom is 0.0919 e. The third-order valence-electron chi connectivity index (χ3n) is 2.58. The van der Waals surface area contributed by atoms with E-state index in [0.717, 1.165) is 22.4 Å². The van der Waals surface area contributed by atoms with Gasteiger partial charge in [0.2, 0.25) is 0 Å². The van der Waals surface area contributed by atoms with E-state index in [9.17, 15) is 0 Å². The van der Waals surface area contributed by atoms with Crippen molar-refractivity contribution in [2.45, 2.75) is 6.92 Å². The minimum Gasteiger partial charge on any atom is -0.256 e. The maximum atomic E-state index is 8.90. The SMILES string of the molecule is Cc1ccccc1/C(=C/C#N)c1ccccn1. The summed E-state index contributed by atoms with van der Waals surface area (Å²) >= 11 is 0. The summed E-state index contributed by atoms with van der Waals surface area (Å²) < 4.78 is 0. The average Bonchev–Trinajstić information content (AvgIpc) is 2.38. The molecule has 17 heavy (non-hydrogen) atoms. The molecule has 0 aliphatic carbocycles. The van der Waals surface area contributed by atoms with Crippen LogP contribution in [0.2, 0.25) is 0 Å². The zero-order chi connectivity index (χ0) is 12.1. The largest absolute Gasteiger partial charge is 0.256 e. The summed E-state index contributed by atoms with van der Waals surface area (Å²) in [5.74, 6) is 0. The van der Waals surface area contributed by atoms with Crippen LogP contribution in [0, 0.1) is 18.3 Å². The molecule has 0 saturated heterocycles. The topological polar surface area (TPSA) is 36.7 Å². The molecular weight excluding hydrogens is 208 g/mol. The van der Waals surface area contributed by atoms with Gasteiger partial charge in [0.05, 0.1) is 11.8 Å². The number of benzene rings is 1. The predicted octanol–water partition coefficient (Wildman–Crippen LogP) is 3.35. The van der Waals surface area contributed by atoms with Crippen molar-refractivity contribution in [2.24, 2.45) is 0 Å². The van der Waals surface area contributed by atoms with Gasteiger partial charge in [-0.15, -0.1) is 0 Å². The Hall–Kier alpha value is -2.40. The van der Waals surface area contributed by atoms with Crippen LogP contribution in [0.4, 0.5) is 0 Å². The Balaban J connectivity index is 2.57. The number of nitriles is 1. The molecule has 2 aromatic rings. The zero-order valence-corrected chi connectivity index (χ0v) is 9.59. The van der Waals surface area contributed by atoms with Crippen LogP contribution in [0.15, 0.2) is 54.7 Å².